The highest BCUT2D eigenvalue weighted by Crippen LogP contribution is 2.16. The topological polar surface area (TPSA) is 29.9 Å². The van der Waals surface area contributed by atoms with Crippen LogP contribution in [0.3, 0.4) is 0 Å². The minimum atomic E-state index is 0.676. The molecule has 0 aliphatic rings. The molecule has 1 unspecified atom stereocenters. The lowest BCUT2D eigenvalue weighted by molar-refractivity contribution is 0.366. The molecule has 17 heavy (non-hydrogen) atoms. The van der Waals surface area contributed by atoms with E-state index in [0.717, 1.165) is 24.7 Å². The molecule has 0 radical (unpaired) electrons. The van der Waals surface area contributed by atoms with E-state index >= 15 is 0 Å². The standard InChI is InChI=1S/C14H27N3/c1-6-7-8-15-14-16-13(5)10-17(14)9-12(4)11(2)3/h10-12H,6-9H2,1-5H3,(H,15,16). The minimum absolute atomic E-state index is 0.676. The number of imidazole rings is 1. The molecule has 98 valence electrons. The van der Waals surface area contributed by atoms with Crippen LogP contribution in [0.4, 0.5) is 5.95 Å². The van der Waals surface area contributed by atoms with Crippen molar-refractivity contribution in [1.82, 2.24) is 9.55 Å². The quantitative estimate of drug-likeness (QED) is 0.733. The summed E-state index contributed by atoms with van der Waals surface area (Å²) in [5.41, 5.74) is 1.10. The van der Waals surface area contributed by atoms with Crippen molar-refractivity contribution in [2.24, 2.45) is 11.8 Å². The third-order valence-corrected chi connectivity index (χ3v) is 3.33. The van der Waals surface area contributed by atoms with Gasteiger partial charge >= 0.3 is 0 Å². The zero-order valence-corrected chi connectivity index (χ0v) is 12.0. The fourth-order valence-corrected chi connectivity index (χ4v) is 1.73. The second-order valence-electron chi connectivity index (χ2n) is 5.36. The Morgan fingerprint density at radius 2 is 2.06 bits per heavy atom. The number of unbranched alkanes of at least 4 members (excludes halogenated alkanes) is 1. The van der Waals surface area contributed by atoms with Gasteiger partial charge in [0.15, 0.2) is 0 Å². The predicted molar refractivity (Wildman–Crippen MR) is 74.4 cm³/mol. The lowest BCUT2D eigenvalue weighted by Crippen LogP contribution is -2.15. The maximum absolute atomic E-state index is 4.55. The molecule has 1 aromatic heterocycles. The Morgan fingerprint density at radius 1 is 1.35 bits per heavy atom. The van der Waals surface area contributed by atoms with Crippen LogP contribution in [0.25, 0.3) is 0 Å². The Morgan fingerprint density at radius 3 is 2.65 bits per heavy atom. The van der Waals surface area contributed by atoms with Gasteiger partial charge in [-0.05, 0) is 25.2 Å². The van der Waals surface area contributed by atoms with Crippen molar-refractivity contribution in [1.29, 1.82) is 0 Å². The van der Waals surface area contributed by atoms with E-state index < -0.39 is 0 Å². The van der Waals surface area contributed by atoms with E-state index in [9.17, 15) is 0 Å². The first kappa shape index (κ1) is 14.1. The van der Waals surface area contributed by atoms with Crippen LogP contribution < -0.4 is 5.32 Å². The molecule has 1 atom stereocenters. The largest absolute Gasteiger partial charge is 0.356 e. The molecule has 0 aliphatic heterocycles. The monoisotopic (exact) mass is 237 g/mol. The van der Waals surface area contributed by atoms with E-state index in [1.165, 1.54) is 12.8 Å². The predicted octanol–water partition coefficient (Wildman–Crippen LogP) is 3.70. The number of hydrogen-bond donors (Lipinski definition) is 1. The average molecular weight is 237 g/mol. The van der Waals surface area contributed by atoms with Crippen LogP contribution in [0.15, 0.2) is 6.20 Å². The Bertz CT molecular complexity index is 328. The third-order valence-electron chi connectivity index (χ3n) is 3.33. The van der Waals surface area contributed by atoms with Crippen molar-refractivity contribution in [2.45, 2.75) is 54.0 Å². The number of nitrogens with zero attached hydrogens (tertiary/aromatic N) is 2. The van der Waals surface area contributed by atoms with E-state index in [0.29, 0.717) is 11.8 Å². The second-order valence-corrected chi connectivity index (χ2v) is 5.36. The van der Waals surface area contributed by atoms with Gasteiger partial charge in [-0.1, -0.05) is 34.1 Å². The molecule has 0 bridgehead atoms. The Labute approximate surface area is 106 Å². The van der Waals surface area contributed by atoms with Gasteiger partial charge < -0.3 is 9.88 Å². The SMILES string of the molecule is CCCCNc1nc(C)cn1CC(C)C(C)C. The molecular formula is C14H27N3. The fourth-order valence-electron chi connectivity index (χ4n) is 1.73. The second kappa shape index (κ2) is 6.67. The van der Waals surface area contributed by atoms with Crippen LogP contribution in [0, 0.1) is 18.8 Å². The fraction of sp³-hybridized carbons (Fsp3) is 0.786. The van der Waals surface area contributed by atoms with Crippen LogP contribution >= 0.6 is 0 Å². The summed E-state index contributed by atoms with van der Waals surface area (Å²) in [6, 6.07) is 0. The van der Waals surface area contributed by atoms with Gasteiger partial charge in [0, 0.05) is 19.3 Å². The number of nitrogens with one attached hydrogen (secondary N) is 1. The van der Waals surface area contributed by atoms with E-state index in [2.05, 4.69) is 55.7 Å². The number of anilines is 1. The summed E-state index contributed by atoms with van der Waals surface area (Å²) < 4.78 is 2.26. The first-order valence-corrected chi connectivity index (χ1v) is 6.82. The van der Waals surface area contributed by atoms with E-state index in [1.807, 2.05) is 0 Å². The molecule has 0 amide bonds. The summed E-state index contributed by atoms with van der Waals surface area (Å²) in [7, 11) is 0. The van der Waals surface area contributed by atoms with Crippen LogP contribution in [0.5, 0.6) is 0 Å². The Kier molecular flexibility index (Phi) is 5.52. The van der Waals surface area contributed by atoms with Crippen molar-refractivity contribution in [3.05, 3.63) is 11.9 Å². The number of rotatable bonds is 7. The van der Waals surface area contributed by atoms with Crippen molar-refractivity contribution in [2.75, 3.05) is 11.9 Å². The van der Waals surface area contributed by atoms with E-state index in [4.69, 9.17) is 0 Å². The molecule has 1 rings (SSSR count). The van der Waals surface area contributed by atoms with Gasteiger partial charge in [-0.2, -0.15) is 0 Å². The first-order chi connectivity index (χ1) is 8.04. The first-order valence-electron chi connectivity index (χ1n) is 6.82. The maximum Gasteiger partial charge on any atom is 0.203 e. The van der Waals surface area contributed by atoms with E-state index in [-0.39, 0.29) is 0 Å². The van der Waals surface area contributed by atoms with Crippen LogP contribution in [-0.2, 0) is 6.54 Å². The number of aryl methyl sites for hydroxylation is 1. The van der Waals surface area contributed by atoms with Gasteiger partial charge in [0.25, 0.3) is 0 Å². The molecular weight excluding hydrogens is 210 g/mol. The van der Waals surface area contributed by atoms with Crippen LogP contribution in [-0.4, -0.2) is 16.1 Å². The van der Waals surface area contributed by atoms with Crippen molar-refractivity contribution >= 4 is 5.95 Å². The number of hydrogen-bond acceptors (Lipinski definition) is 2. The van der Waals surface area contributed by atoms with Gasteiger partial charge in [-0.3, -0.25) is 0 Å². The van der Waals surface area contributed by atoms with Gasteiger partial charge in [0.1, 0.15) is 0 Å². The van der Waals surface area contributed by atoms with Crippen LogP contribution in [0.2, 0.25) is 0 Å². The highest BCUT2D eigenvalue weighted by Gasteiger charge is 2.11. The highest BCUT2D eigenvalue weighted by molar-refractivity contribution is 5.28. The normalized spacial score (nSPS) is 13.1. The van der Waals surface area contributed by atoms with Gasteiger partial charge in [0.05, 0.1) is 5.69 Å². The van der Waals surface area contributed by atoms with Gasteiger partial charge in [-0.25, -0.2) is 4.98 Å². The molecule has 0 fully saturated rings. The summed E-state index contributed by atoms with van der Waals surface area (Å²) in [4.78, 5) is 4.55. The third kappa shape index (κ3) is 4.41. The molecule has 0 spiro atoms. The van der Waals surface area contributed by atoms with Crippen molar-refractivity contribution < 1.29 is 0 Å². The molecule has 1 N–H and O–H groups in total. The molecule has 1 aromatic rings. The molecule has 3 heteroatoms. The lowest BCUT2D eigenvalue weighted by atomic mass is 9.98. The average Bonchev–Trinajstić information content (AvgIpc) is 2.59. The molecule has 3 nitrogen and oxygen atoms in total. The summed E-state index contributed by atoms with van der Waals surface area (Å²) in [6.45, 7) is 13.2. The smallest absolute Gasteiger partial charge is 0.203 e. The summed E-state index contributed by atoms with van der Waals surface area (Å²) >= 11 is 0. The molecule has 0 saturated heterocycles. The minimum Gasteiger partial charge on any atom is -0.356 e. The van der Waals surface area contributed by atoms with Crippen LogP contribution in [0.1, 0.15) is 46.2 Å². The number of aromatic nitrogens is 2. The molecule has 1 heterocycles. The highest BCUT2D eigenvalue weighted by atomic mass is 15.2. The summed E-state index contributed by atoms with van der Waals surface area (Å²) in [5.74, 6) is 2.42. The van der Waals surface area contributed by atoms with Gasteiger partial charge in [0.2, 0.25) is 5.95 Å². The van der Waals surface area contributed by atoms with Gasteiger partial charge in [-0.15, -0.1) is 0 Å². The zero-order chi connectivity index (χ0) is 12.8. The lowest BCUT2D eigenvalue weighted by Gasteiger charge is -2.18. The molecule has 0 aromatic carbocycles. The van der Waals surface area contributed by atoms with E-state index in [1.54, 1.807) is 0 Å². The Hall–Kier alpha value is -0.990. The maximum atomic E-state index is 4.55. The van der Waals surface area contributed by atoms with Crippen molar-refractivity contribution in [3.63, 3.8) is 0 Å². The summed E-state index contributed by atoms with van der Waals surface area (Å²) in [6.07, 6.45) is 4.56. The zero-order valence-electron chi connectivity index (χ0n) is 12.0. The molecule has 0 saturated carbocycles. The Balaban J connectivity index is 2.63. The molecule has 0 aliphatic carbocycles. The van der Waals surface area contributed by atoms with Crippen molar-refractivity contribution in [3.8, 4) is 0 Å². The summed E-state index contributed by atoms with van der Waals surface area (Å²) in [5, 5.41) is 3.43.